The molecule has 0 amide bonds. The molecule has 0 saturated heterocycles. The summed E-state index contributed by atoms with van der Waals surface area (Å²) in [4.78, 5) is 10.8. The SMILES string of the molecule is [CH3][Sn]([CH3])([CH3])[c]1ncn2c(Cl)cc(S(=O)(=O)NC3(C(F)F)CC3)cc12. The summed E-state index contributed by atoms with van der Waals surface area (Å²) >= 11 is 3.59. The van der Waals surface area contributed by atoms with Crippen molar-refractivity contribution in [1.29, 1.82) is 0 Å². The van der Waals surface area contributed by atoms with Gasteiger partial charge in [0.05, 0.1) is 0 Å². The van der Waals surface area contributed by atoms with Gasteiger partial charge in [-0.3, -0.25) is 0 Å². The van der Waals surface area contributed by atoms with Crippen LogP contribution in [0.15, 0.2) is 23.4 Å². The fourth-order valence-electron chi connectivity index (χ4n) is 2.59. The summed E-state index contributed by atoms with van der Waals surface area (Å²) in [5, 5.41) is 0.184. The molecule has 1 N–H and O–H groups in total. The van der Waals surface area contributed by atoms with Gasteiger partial charge in [0.1, 0.15) is 0 Å². The number of nitrogens with zero attached hydrogens (tertiary/aromatic N) is 2. The molecule has 1 saturated carbocycles. The zero-order valence-corrected chi connectivity index (χ0v) is 17.9. The average molecular weight is 485 g/mol. The molecule has 1 aliphatic carbocycles. The Kier molecular flexibility index (Phi) is 4.42. The molecule has 2 aromatic rings. The van der Waals surface area contributed by atoms with Gasteiger partial charge in [0.15, 0.2) is 0 Å². The average Bonchev–Trinajstić information content (AvgIpc) is 3.06. The van der Waals surface area contributed by atoms with Gasteiger partial charge in [0.25, 0.3) is 0 Å². The van der Waals surface area contributed by atoms with Gasteiger partial charge in [-0.25, -0.2) is 0 Å². The minimum absolute atomic E-state index is 0.107. The number of aromatic nitrogens is 2. The van der Waals surface area contributed by atoms with E-state index >= 15 is 0 Å². The van der Waals surface area contributed by atoms with Crippen LogP contribution in [0.25, 0.3) is 5.52 Å². The van der Waals surface area contributed by atoms with E-state index in [1.54, 1.807) is 10.7 Å². The molecule has 2 aromatic heterocycles. The Labute approximate surface area is 148 Å². The van der Waals surface area contributed by atoms with Crippen molar-refractivity contribution in [3.05, 3.63) is 23.6 Å². The van der Waals surface area contributed by atoms with Crippen molar-refractivity contribution in [3.63, 3.8) is 0 Å². The molecule has 0 atom stereocenters. The van der Waals surface area contributed by atoms with E-state index in [-0.39, 0.29) is 22.9 Å². The third-order valence-electron chi connectivity index (χ3n) is 4.14. The Balaban J connectivity index is 2.10. The van der Waals surface area contributed by atoms with E-state index in [1.807, 2.05) is 0 Å². The van der Waals surface area contributed by atoms with Crippen molar-refractivity contribution >= 4 is 49.2 Å². The summed E-state index contributed by atoms with van der Waals surface area (Å²) in [5.41, 5.74) is -1.00. The quantitative estimate of drug-likeness (QED) is 0.524. The number of imidazole rings is 1. The molecule has 0 aliphatic heterocycles. The first kappa shape index (κ1) is 18.3. The van der Waals surface area contributed by atoms with Crippen LogP contribution in [-0.4, -0.2) is 48.1 Å². The van der Waals surface area contributed by atoms with E-state index in [1.165, 1.54) is 12.1 Å². The van der Waals surface area contributed by atoms with Gasteiger partial charge in [-0.15, -0.1) is 0 Å². The number of halogens is 3. The summed E-state index contributed by atoms with van der Waals surface area (Å²) in [7, 11) is -4.09. The van der Waals surface area contributed by atoms with Crippen LogP contribution >= 0.6 is 11.6 Å². The van der Waals surface area contributed by atoms with Gasteiger partial charge in [-0.1, -0.05) is 0 Å². The van der Waals surface area contributed by atoms with Gasteiger partial charge in [-0.2, -0.15) is 0 Å². The molecule has 0 radical (unpaired) electrons. The molecule has 24 heavy (non-hydrogen) atoms. The Hall–Kier alpha value is -0.451. The van der Waals surface area contributed by atoms with Gasteiger partial charge in [0, 0.05) is 0 Å². The van der Waals surface area contributed by atoms with Crippen LogP contribution in [0.5, 0.6) is 0 Å². The van der Waals surface area contributed by atoms with Crippen LogP contribution in [0, 0.1) is 0 Å². The van der Waals surface area contributed by atoms with Crippen LogP contribution in [0.1, 0.15) is 12.8 Å². The third kappa shape index (κ3) is 3.17. The van der Waals surface area contributed by atoms with Gasteiger partial charge in [-0.05, 0) is 0 Å². The molecule has 1 aliphatic rings. The molecular weight excluding hydrogens is 466 g/mol. The Morgan fingerprint density at radius 3 is 2.46 bits per heavy atom. The number of pyridine rings is 1. The van der Waals surface area contributed by atoms with Crippen LogP contribution in [0.3, 0.4) is 0 Å². The maximum absolute atomic E-state index is 13.1. The van der Waals surface area contributed by atoms with Crippen molar-refractivity contribution in [1.82, 2.24) is 14.1 Å². The van der Waals surface area contributed by atoms with Crippen molar-refractivity contribution in [3.8, 4) is 0 Å². The molecular formula is C14H18ClF2N3O2SSn. The normalized spacial score (nSPS) is 17.6. The summed E-state index contributed by atoms with van der Waals surface area (Å²) in [6, 6.07) is 2.74. The number of rotatable bonds is 5. The molecule has 132 valence electrons. The number of fused-ring (bicyclic) bond motifs is 1. The zero-order chi connectivity index (χ0) is 17.9. The Bertz CT molecular complexity index is 905. The predicted molar refractivity (Wildman–Crippen MR) is 91.5 cm³/mol. The fourth-order valence-corrected chi connectivity index (χ4v) is 8.40. The summed E-state index contributed by atoms with van der Waals surface area (Å²) in [6.07, 6.45) is -0.893. The first-order chi connectivity index (χ1) is 11.0. The van der Waals surface area contributed by atoms with E-state index < -0.39 is 40.4 Å². The molecule has 2 heterocycles. The van der Waals surface area contributed by atoms with Crippen LogP contribution in [0.2, 0.25) is 20.0 Å². The monoisotopic (exact) mass is 485 g/mol. The second-order valence-electron chi connectivity index (χ2n) is 7.17. The topological polar surface area (TPSA) is 63.5 Å². The predicted octanol–water partition coefficient (Wildman–Crippen LogP) is 2.61. The summed E-state index contributed by atoms with van der Waals surface area (Å²) < 4.78 is 55.9. The first-order valence-corrected chi connectivity index (χ1v) is 19.3. The summed E-state index contributed by atoms with van der Waals surface area (Å²) in [6.45, 7) is 0. The molecule has 0 unspecified atom stereocenters. The van der Waals surface area contributed by atoms with Gasteiger partial charge >= 0.3 is 149 Å². The molecule has 0 bridgehead atoms. The number of sulfonamides is 1. The van der Waals surface area contributed by atoms with Crippen LogP contribution in [0.4, 0.5) is 8.78 Å². The van der Waals surface area contributed by atoms with E-state index in [9.17, 15) is 17.2 Å². The van der Waals surface area contributed by atoms with E-state index in [4.69, 9.17) is 11.6 Å². The molecule has 0 spiro atoms. The fraction of sp³-hybridized carbons (Fsp3) is 0.500. The van der Waals surface area contributed by atoms with E-state index in [0.717, 1.165) is 3.71 Å². The van der Waals surface area contributed by atoms with Crippen molar-refractivity contribution < 1.29 is 17.2 Å². The van der Waals surface area contributed by atoms with E-state index in [2.05, 4.69) is 24.5 Å². The molecule has 0 aromatic carbocycles. The number of hydrogen-bond acceptors (Lipinski definition) is 3. The molecule has 5 nitrogen and oxygen atoms in total. The minimum atomic E-state index is -4.09. The Morgan fingerprint density at radius 2 is 1.96 bits per heavy atom. The van der Waals surface area contributed by atoms with Crippen LogP contribution in [-0.2, 0) is 10.0 Å². The number of alkyl halides is 2. The van der Waals surface area contributed by atoms with Crippen molar-refractivity contribution in [2.24, 2.45) is 0 Å². The molecule has 1 fully saturated rings. The van der Waals surface area contributed by atoms with E-state index in [0.29, 0.717) is 5.52 Å². The van der Waals surface area contributed by atoms with Crippen LogP contribution < -0.4 is 8.43 Å². The number of hydrogen-bond donors (Lipinski definition) is 1. The molecule has 3 rings (SSSR count). The zero-order valence-electron chi connectivity index (χ0n) is 13.5. The van der Waals surface area contributed by atoms with Crippen molar-refractivity contribution in [2.75, 3.05) is 0 Å². The molecule has 10 heteroatoms. The maximum atomic E-state index is 13.1. The standard InChI is InChI=1S/C11H9ClF2N3O2S.3CH3.Sn/c12-9-4-8(3-7-5-15-6-17(7)9)20(18,19)16-11(1-2-11)10(13)14;;;;/h3-4,6,10,16H,1-2H2;3*1H3;. The van der Waals surface area contributed by atoms with Gasteiger partial charge < -0.3 is 0 Å². The first-order valence-electron chi connectivity index (χ1n) is 7.45. The van der Waals surface area contributed by atoms with Crippen molar-refractivity contribution in [2.45, 2.75) is 44.5 Å². The second-order valence-corrected chi connectivity index (χ2v) is 23.4. The number of nitrogens with one attached hydrogen (secondary N) is 1. The summed E-state index contributed by atoms with van der Waals surface area (Å²) in [5.74, 6) is 0. The third-order valence-corrected chi connectivity index (χ3v) is 11.1. The van der Waals surface area contributed by atoms with Gasteiger partial charge in [0.2, 0.25) is 0 Å². The second kappa shape index (κ2) is 5.78. The Morgan fingerprint density at radius 1 is 1.33 bits per heavy atom.